The molecule has 4 aromatic carbocycles. The van der Waals surface area contributed by atoms with Crippen LogP contribution in [0.5, 0.6) is 23.0 Å². The zero-order chi connectivity index (χ0) is 36.3. The summed E-state index contributed by atoms with van der Waals surface area (Å²) in [6, 6.07) is 26.4. The summed E-state index contributed by atoms with van der Waals surface area (Å²) in [7, 11) is 1.23. The average molecular weight is 704 g/mol. The van der Waals surface area contributed by atoms with Gasteiger partial charge in [0.25, 0.3) is 10.0 Å². The summed E-state index contributed by atoms with van der Waals surface area (Å²) in [5, 5.41) is 3.04. The smallest absolute Gasteiger partial charge is 0.265 e. The van der Waals surface area contributed by atoms with Crippen LogP contribution in [0.2, 0.25) is 0 Å². The maximum absolute atomic E-state index is 14.8. The van der Waals surface area contributed by atoms with Crippen LogP contribution >= 0.6 is 0 Å². The summed E-state index contributed by atoms with van der Waals surface area (Å²) in [6.07, 6.45) is 0.885. The van der Waals surface area contributed by atoms with E-state index < -0.39 is 28.5 Å². The Kier molecular flexibility index (Phi) is 13.1. The molecule has 0 fully saturated rings. The van der Waals surface area contributed by atoms with Crippen molar-refractivity contribution >= 4 is 27.5 Å². The number of ether oxygens (including phenoxy) is 4. The highest BCUT2D eigenvalue weighted by Gasteiger charge is 2.36. The van der Waals surface area contributed by atoms with E-state index in [1.54, 1.807) is 12.1 Å². The molecule has 2 amide bonds. The van der Waals surface area contributed by atoms with E-state index in [2.05, 4.69) is 5.32 Å². The third-order valence-corrected chi connectivity index (χ3v) is 10.1. The summed E-state index contributed by atoms with van der Waals surface area (Å²) in [4.78, 5) is 30.1. The maximum atomic E-state index is 14.8. The van der Waals surface area contributed by atoms with Crippen molar-refractivity contribution in [2.24, 2.45) is 0 Å². The fraction of sp³-hybridized carbons (Fsp3) is 0.316. The molecular weight excluding hydrogens is 658 g/mol. The number of benzene rings is 4. The molecule has 0 saturated carbocycles. The molecule has 50 heavy (non-hydrogen) atoms. The minimum Gasteiger partial charge on any atom is -0.497 e. The van der Waals surface area contributed by atoms with Gasteiger partial charge in [-0.15, -0.1) is 0 Å². The molecule has 2 unspecified atom stereocenters. The molecule has 0 heterocycles. The Morgan fingerprint density at radius 2 is 1.34 bits per heavy atom. The molecule has 0 bridgehead atoms. The minimum atomic E-state index is -4.48. The number of nitrogens with one attached hydrogen (secondary N) is 1. The highest BCUT2D eigenvalue weighted by atomic mass is 32.2. The van der Waals surface area contributed by atoms with Crippen molar-refractivity contribution in [1.82, 2.24) is 10.2 Å². The molecule has 2 atom stereocenters. The number of nitrogens with zero attached hydrogens (tertiary/aromatic N) is 2. The van der Waals surface area contributed by atoms with Gasteiger partial charge in [0.05, 0.1) is 39.0 Å². The van der Waals surface area contributed by atoms with Crippen molar-refractivity contribution < 1.29 is 37.0 Å². The van der Waals surface area contributed by atoms with Gasteiger partial charge in [-0.05, 0) is 48.7 Å². The first-order valence-electron chi connectivity index (χ1n) is 16.2. The number of carbonyl (C=O) groups excluding carboxylic acids is 2. The number of methoxy groups -OCH3 is 4. The lowest BCUT2D eigenvalue weighted by molar-refractivity contribution is -0.140. The van der Waals surface area contributed by atoms with Crippen molar-refractivity contribution in [2.75, 3.05) is 39.3 Å². The molecule has 4 aromatic rings. The Hall–Kier alpha value is -5.23. The van der Waals surface area contributed by atoms with Crippen molar-refractivity contribution in [1.29, 1.82) is 0 Å². The minimum absolute atomic E-state index is 0.0462. The molecule has 12 heteroatoms. The molecule has 0 spiro atoms. The molecule has 0 saturated heterocycles. The number of carbonyl (C=O) groups is 2. The standard InChI is InChI=1S/C38H45N3O8S/c1-7-27(2)39-38(43)33(22-28-14-10-8-11-15-28)40(25-29-16-12-9-13-17-29)37(42)26-41(32-23-30(46-3)18-20-34(32)47-4)50(44,45)31-19-21-35(48-5)36(24-31)49-6/h8-21,23-24,27,33H,7,22,25-26H2,1-6H3,(H,39,43). The molecule has 4 rings (SSSR count). The Balaban J connectivity index is 1.89. The second-order valence-electron chi connectivity index (χ2n) is 11.6. The van der Waals surface area contributed by atoms with Crippen LogP contribution in [0.25, 0.3) is 0 Å². The van der Waals surface area contributed by atoms with E-state index in [1.807, 2.05) is 74.5 Å². The van der Waals surface area contributed by atoms with Crippen LogP contribution in [0.3, 0.4) is 0 Å². The van der Waals surface area contributed by atoms with E-state index in [9.17, 15) is 18.0 Å². The largest absolute Gasteiger partial charge is 0.497 e. The van der Waals surface area contributed by atoms with Crippen molar-refractivity contribution in [3.8, 4) is 23.0 Å². The highest BCUT2D eigenvalue weighted by molar-refractivity contribution is 7.92. The average Bonchev–Trinajstić information content (AvgIpc) is 3.15. The molecule has 0 aliphatic rings. The second-order valence-corrected chi connectivity index (χ2v) is 13.5. The topological polar surface area (TPSA) is 124 Å². The lowest BCUT2D eigenvalue weighted by atomic mass is 10.0. The molecule has 0 aromatic heterocycles. The van der Waals surface area contributed by atoms with Gasteiger partial charge in [-0.3, -0.25) is 13.9 Å². The molecular formula is C38H45N3O8S. The summed E-state index contributed by atoms with van der Waals surface area (Å²) in [6.45, 7) is 3.23. The predicted octanol–water partition coefficient (Wildman–Crippen LogP) is 5.47. The summed E-state index contributed by atoms with van der Waals surface area (Å²) < 4.78 is 52.1. The van der Waals surface area contributed by atoms with E-state index >= 15 is 0 Å². The molecule has 0 aliphatic carbocycles. The molecule has 0 radical (unpaired) electrons. The lowest BCUT2D eigenvalue weighted by Crippen LogP contribution is -2.54. The zero-order valence-electron chi connectivity index (χ0n) is 29.3. The molecule has 11 nitrogen and oxygen atoms in total. The Labute approximate surface area is 294 Å². The van der Waals surface area contributed by atoms with Crippen molar-refractivity contribution in [3.63, 3.8) is 0 Å². The van der Waals surface area contributed by atoms with Gasteiger partial charge in [-0.25, -0.2) is 8.42 Å². The summed E-state index contributed by atoms with van der Waals surface area (Å²) >= 11 is 0. The number of anilines is 1. The fourth-order valence-electron chi connectivity index (χ4n) is 5.38. The highest BCUT2D eigenvalue weighted by Crippen LogP contribution is 2.38. The van der Waals surface area contributed by atoms with E-state index in [4.69, 9.17) is 18.9 Å². The normalized spacial score (nSPS) is 12.3. The van der Waals surface area contributed by atoms with Crippen LogP contribution in [-0.4, -0.2) is 72.2 Å². The van der Waals surface area contributed by atoms with E-state index in [0.29, 0.717) is 17.9 Å². The quantitative estimate of drug-likeness (QED) is 0.154. The predicted molar refractivity (Wildman–Crippen MR) is 192 cm³/mol. The maximum Gasteiger partial charge on any atom is 0.265 e. The lowest BCUT2D eigenvalue weighted by Gasteiger charge is -2.34. The van der Waals surface area contributed by atoms with Crippen molar-refractivity contribution in [3.05, 3.63) is 108 Å². The molecule has 1 N–H and O–H groups in total. The number of rotatable bonds is 17. The van der Waals surface area contributed by atoms with Gasteiger partial charge in [0.2, 0.25) is 11.8 Å². The van der Waals surface area contributed by atoms with E-state index in [0.717, 1.165) is 15.4 Å². The van der Waals surface area contributed by atoms with Crippen LogP contribution in [0.15, 0.2) is 102 Å². The second kappa shape index (κ2) is 17.4. The third kappa shape index (κ3) is 9.06. The fourth-order valence-corrected chi connectivity index (χ4v) is 6.82. The monoisotopic (exact) mass is 703 g/mol. The van der Waals surface area contributed by atoms with Crippen LogP contribution in [-0.2, 0) is 32.6 Å². The first-order chi connectivity index (χ1) is 24.1. The van der Waals surface area contributed by atoms with Gasteiger partial charge in [0.1, 0.15) is 24.1 Å². The number of hydrogen-bond acceptors (Lipinski definition) is 8. The van der Waals surface area contributed by atoms with Crippen LogP contribution in [0, 0.1) is 0 Å². The van der Waals surface area contributed by atoms with Gasteiger partial charge >= 0.3 is 0 Å². The van der Waals surface area contributed by atoms with Gasteiger partial charge in [-0.1, -0.05) is 67.6 Å². The number of hydrogen-bond donors (Lipinski definition) is 1. The summed E-state index contributed by atoms with van der Waals surface area (Å²) in [5.41, 5.74) is 1.67. The Morgan fingerprint density at radius 1 is 0.740 bits per heavy atom. The van der Waals surface area contributed by atoms with Crippen LogP contribution in [0.4, 0.5) is 5.69 Å². The van der Waals surface area contributed by atoms with Crippen molar-refractivity contribution in [2.45, 2.75) is 50.2 Å². The Bertz CT molecular complexity index is 1840. The van der Waals surface area contributed by atoms with Crippen LogP contribution in [0.1, 0.15) is 31.4 Å². The van der Waals surface area contributed by atoms with Gasteiger partial charge in [0.15, 0.2) is 11.5 Å². The number of amides is 2. The number of sulfonamides is 1. The third-order valence-electron chi connectivity index (χ3n) is 8.34. The van der Waals surface area contributed by atoms with E-state index in [1.165, 1.54) is 57.6 Å². The van der Waals surface area contributed by atoms with Crippen LogP contribution < -0.4 is 28.6 Å². The Morgan fingerprint density at radius 3 is 1.92 bits per heavy atom. The molecule has 266 valence electrons. The van der Waals surface area contributed by atoms with Gasteiger partial charge in [0, 0.05) is 31.1 Å². The summed E-state index contributed by atoms with van der Waals surface area (Å²) in [5.74, 6) is 0.0964. The first-order valence-corrected chi connectivity index (χ1v) is 17.6. The zero-order valence-corrected chi connectivity index (χ0v) is 30.1. The van der Waals surface area contributed by atoms with E-state index in [-0.39, 0.29) is 47.0 Å². The van der Waals surface area contributed by atoms with Gasteiger partial charge in [-0.2, -0.15) is 0 Å². The van der Waals surface area contributed by atoms with Gasteiger partial charge < -0.3 is 29.2 Å². The first kappa shape index (κ1) is 37.6. The SMILES string of the molecule is CCC(C)NC(=O)C(Cc1ccccc1)N(Cc1ccccc1)C(=O)CN(c1cc(OC)ccc1OC)S(=O)(=O)c1ccc(OC)c(OC)c1. The molecule has 0 aliphatic heterocycles.